The summed E-state index contributed by atoms with van der Waals surface area (Å²) in [5.74, 6) is 0.686. The zero-order valence-corrected chi connectivity index (χ0v) is 14.8. The molecule has 1 saturated carbocycles. The maximum absolute atomic E-state index is 9.65. The molecule has 0 spiro atoms. The molecule has 1 rings (SSSR count). The van der Waals surface area contributed by atoms with Gasteiger partial charge >= 0.3 is 0 Å². The van der Waals surface area contributed by atoms with E-state index in [-0.39, 0.29) is 5.54 Å². The van der Waals surface area contributed by atoms with Crippen LogP contribution in [-0.4, -0.2) is 35.6 Å². The first-order valence-corrected chi connectivity index (χ1v) is 8.93. The first-order chi connectivity index (χ1) is 10.0. The quantitative estimate of drug-likeness (QED) is 0.699. The lowest BCUT2D eigenvalue weighted by Crippen LogP contribution is -2.47. The molecule has 0 aromatic carbocycles. The van der Waals surface area contributed by atoms with E-state index >= 15 is 0 Å². The molecule has 3 nitrogen and oxygen atoms in total. The van der Waals surface area contributed by atoms with Crippen LogP contribution in [0.1, 0.15) is 73.1 Å². The summed E-state index contributed by atoms with van der Waals surface area (Å²) >= 11 is 0. The highest BCUT2D eigenvalue weighted by atomic mass is 15.2. The van der Waals surface area contributed by atoms with Crippen molar-refractivity contribution in [3.63, 3.8) is 0 Å². The van der Waals surface area contributed by atoms with Crippen molar-refractivity contribution in [2.75, 3.05) is 13.1 Å². The average molecular weight is 293 g/mol. The number of nitrogens with zero attached hydrogens (tertiary/aromatic N) is 2. The van der Waals surface area contributed by atoms with Gasteiger partial charge in [0, 0.05) is 18.6 Å². The van der Waals surface area contributed by atoms with Crippen molar-refractivity contribution in [1.82, 2.24) is 10.2 Å². The lowest BCUT2D eigenvalue weighted by Gasteiger charge is -2.37. The molecule has 0 saturated heterocycles. The van der Waals surface area contributed by atoms with Gasteiger partial charge in [-0.3, -0.25) is 10.2 Å². The molecule has 1 aliphatic rings. The second-order valence-electron chi connectivity index (χ2n) is 7.08. The Balaban J connectivity index is 2.79. The smallest absolute Gasteiger partial charge is 0.108 e. The Morgan fingerprint density at radius 3 is 2.43 bits per heavy atom. The maximum atomic E-state index is 9.65. The van der Waals surface area contributed by atoms with Crippen molar-refractivity contribution in [1.29, 1.82) is 5.26 Å². The van der Waals surface area contributed by atoms with Gasteiger partial charge in [0.2, 0.25) is 0 Å². The van der Waals surface area contributed by atoms with Crippen LogP contribution in [-0.2, 0) is 0 Å². The number of hydrogen-bond acceptors (Lipinski definition) is 3. The molecule has 0 aromatic rings. The van der Waals surface area contributed by atoms with Gasteiger partial charge in [-0.05, 0) is 51.0 Å². The van der Waals surface area contributed by atoms with Gasteiger partial charge in [0.05, 0.1) is 6.07 Å². The molecule has 2 unspecified atom stereocenters. The normalized spacial score (nSPS) is 26.0. The maximum Gasteiger partial charge on any atom is 0.108 e. The van der Waals surface area contributed by atoms with E-state index in [0.717, 1.165) is 38.8 Å². The van der Waals surface area contributed by atoms with Crippen LogP contribution < -0.4 is 5.32 Å². The molecule has 0 aliphatic heterocycles. The molecule has 1 aliphatic carbocycles. The average Bonchev–Trinajstić information content (AvgIpc) is 2.90. The van der Waals surface area contributed by atoms with E-state index in [1.165, 1.54) is 12.8 Å². The molecule has 0 heterocycles. The van der Waals surface area contributed by atoms with Gasteiger partial charge < -0.3 is 0 Å². The van der Waals surface area contributed by atoms with Crippen LogP contribution >= 0.6 is 0 Å². The third kappa shape index (κ3) is 4.97. The molecule has 0 bridgehead atoms. The van der Waals surface area contributed by atoms with E-state index in [0.29, 0.717) is 18.0 Å². The van der Waals surface area contributed by atoms with E-state index in [4.69, 9.17) is 0 Å². The fraction of sp³-hybridized carbons (Fsp3) is 0.944. The first-order valence-electron chi connectivity index (χ1n) is 8.93. The molecule has 21 heavy (non-hydrogen) atoms. The lowest BCUT2D eigenvalue weighted by atomic mass is 9.97. The van der Waals surface area contributed by atoms with Crippen molar-refractivity contribution in [2.45, 2.75) is 90.8 Å². The number of nitriles is 1. The van der Waals surface area contributed by atoms with Crippen LogP contribution in [0, 0.1) is 17.2 Å². The molecule has 3 heteroatoms. The molecular formula is C18H35N3. The Hall–Kier alpha value is -0.590. The molecule has 2 atom stereocenters. The predicted octanol–water partition coefficient (Wildman–Crippen LogP) is 3.95. The predicted molar refractivity (Wildman–Crippen MR) is 90.2 cm³/mol. The summed E-state index contributed by atoms with van der Waals surface area (Å²) in [6.45, 7) is 13.5. The Kier molecular flexibility index (Phi) is 7.70. The summed E-state index contributed by atoms with van der Waals surface area (Å²) in [5.41, 5.74) is -0.276. The van der Waals surface area contributed by atoms with Crippen molar-refractivity contribution in [3.05, 3.63) is 0 Å². The van der Waals surface area contributed by atoms with Gasteiger partial charge in [-0.1, -0.05) is 34.6 Å². The third-order valence-corrected chi connectivity index (χ3v) is 4.87. The Morgan fingerprint density at radius 2 is 1.95 bits per heavy atom. The molecule has 1 fully saturated rings. The van der Waals surface area contributed by atoms with Crippen LogP contribution in [0.15, 0.2) is 0 Å². The fourth-order valence-corrected chi connectivity index (χ4v) is 3.74. The third-order valence-electron chi connectivity index (χ3n) is 4.87. The second kappa shape index (κ2) is 8.76. The summed E-state index contributed by atoms with van der Waals surface area (Å²) in [5, 5.41) is 13.2. The SMILES string of the molecule is CCCNC1(C#N)CCC(N(CC(C)C)C(CC)CC)C1. The summed E-state index contributed by atoms with van der Waals surface area (Å²) in [4.78, 5) is 2.71. The largest absolute Gasteiger partial charge is 0.299 e. The van der Waals surface area contributed by atoms with Crippen LogP contribution in [0.2, 0.25) is 0 Å². The van der Waals surface area contributed by atoms with E-state index < -0.39 is 0 Å². The Morgan fingerprint density at radius 1 is 1.29 bits per heavy atom. The molecule has 1 N–H and O–H groups in total. The number of rotatable bonds is 9. The molecule has 0 aromatic heterocycles. The van der Waals surface area contributed by atoms with Gasteiger partial charge in [0.15, 0.2) is 0 Å². The minimum atomic E-state index is -0.276. The Bertz CT molecular complexity index is 330. The van der Waals surface area contributed by atoms with Gasteiger partial charge in [0.1, 0.15) is 5.54 Å². The van der Waals surface area contributed by atoms with Gasteiger partial charge in [-0.15, -0.1) is 0 Å². The van der Waals surface area contributed by atoms with Crippen molar-refractivity contribution in [2.24, 2.45) is 5.92 Å². The van der Waals surface area contributed by atoms with E-state index in [9.17, 15) is 5.26 Å². The zero-order valence-electron chi connectivity index (χ0n) is 14.8. The lowest BCUT2D eigenvalue weighted by molar-refractivity contribution is 0.108. The fourth-order valence-electron chi connectivity index (χ4n) is 3.74. The topological polar surface area (TPSA) is 39.1 Å². The highest BCUT2D eigenvalue weighted by Crippen LogP contribution is 2.35. The standard InChI is InChI=1S/C18H35N3/c1-6-11-20-18(14-19)10-9-17(12-18)21(13-15(4)5)16(7-2)8-3/h15-17,20H,6-13H2,1-5H3. The van der Waals surface area contributed by atoms with Crippen LogP contribution in [0.5, 0.6) is 0 Å². The van der Waals surface area contributed by atoms with Crippen LogP contribution in [0.3, 0.4) is 0 Å². The van der Waals surface area contributed by atoms with Crippen LogP contribution in [0.25, 0.3) is 0 Å². The minimum Gasteiger partial charge on any atom is -0.299 e. The summed E-state index contributed by atoms with van der Waals surface area (Å²) < 4.78 is 0. The molecule has 0 amide bonds. The van der Waals surface area contributed by atoms with Gasteiger partial charge in [-0.25, -0.2) is 0 Å². The first kappa shape index (κ1) is 18.5. The molecule has 122 valence electrons. The van der Waals surface area contributed by atoms with Gasteiger partial charge in [-0.2, -0.15) is 5.26 Å². The number of hydrogen-bond donors (Lipinski definition) is 1. The summed E-state index contributed by atoms with van der Waals surface area (Å²) in [6.07, 6.45) is 6.67. The van der Waals surface area contributed by atoms with Crippen molar-refractivity contribution in [3.8, 4) is 6.07 Å². The van der Waals surface area contributed by atoms with E-state index in [1.54, 1.807) is 0 Å². The number of nitrogens with one attached hydrogen (secondary N) is 1. The minimum absolute atomic E-state index is 0.276. The van der Waals surface area contributed by atoms with E-state index in [1.807, 2.05) is 0 Å². The Labute approximate surface area is 132 Å². The van der Waals surface area contributed by atoms with Crippen molar-refractivity contribution >= 4 is 0 Å². The van der Waals surface area contributed by atoms with Gasteiger partial charge in [0.25, 0.3) is 0 Å². The highest BCUT2D eigenvalue weighted by Gasteiger charge is 2.42. The van der Waals surface area contributed by atoms with E-state index in [2.05, 4.69) is 50.9 Å². The zero-order chi connectivity index (χ0) is 15.9. The second-order valence-corrected chi connectivity index (χ2v) is 7.08. The highest BCUT2D eigenvalue weighted by molar-refractivity contribution is 5.13. The van der Waals surface area contributed by atoms with Crippen molar-refractivity contribution < 1.29 is 0 Å². The molecule has 0 radical (unpaired) electrons. The monoisotopic (exact) mass is 293 g/mol. The van der Waals surface area contributed by atoms with Crippen LogP contribution in [0.4, 0.5) is 0 Å². The summed E-state index contributed by atoms with van der Waals surface area (Å²) in [6, 6.07) is 3.82. The summed E-state index contributed by atoms with van der Waals surface area (Å²) in [7, 11) is 0. The molecular weight excluding hydrogens is 258 g/mol.